The van der Waals surface area contributed by atoms with Crippen molar-refractivity contribution in [2.75, 3.05) is 58.8 Å². The molecule has 0 saturated carbocycles. The summed E-state index contributed by atoms with van der Waals surface area (Å²) in [7, 11) is 6.56. The van der Waals surface area contributed by atoms with Gasteiger partial charge in [0.05, 0.1) is 23.5 Å². The molecule has 2 fully saturated rings. The summed E-state index contributed by atoms with van der Waals surface area (Å²) in [5.74, 6) is -0.895. The minimum Gasteiger partial charge on any atom is -0.496 e. The highest BCUT2D eigenvalue weighted by atomic mass is 19.1. The Morgan fingerprint density at radius 3 is 2.50 bits per heavy atom. The van der Waals surface area contributed by atoms with E-state index in [1.54, 1.807) is 38.9 Å². The van der Waals surface area contributed by atoms with Gasteiger partial charge in [0.25, 0.3) is 5.91 Å². The molecule has 2 saturated heterocycles. The second kappa shape index (κ2) is 13.1. The third-order valence-corrected chi connectivity index (χ3v) is 9.87. The first-order chi connectivity index (χ1) is 24.0. The van der Waals surface area contributed by atoms with Gasteiger partial charge in [-0.15, -0.1) is 0 Å². The number of imide groups is 1. The topological polar surface area (TPSA) is 122 Å². The van der Waals surface area contributed by atoms with Gasteiger partial charge in [0.15, 0.2) is 5.76 Å². The number of ether oxygens (including phenoxy) is 1. The van der Waals surface area contributed by atoms with Crippen LogP contribution in [0.5, 0.6) is 5.75 Å². The van der Waals surface area contributed by atoms with E-state index in [2.05, 4.69) is 15.1 Å². The fourth-order valence-corrected chi connectivity index (χ4v) is 7.19. The van der Waals surface area contributed by atoms with Crippen molar-refractivity contribution >= 4 is 45.4 Å². The lowest BCUT2D eigenvalue weighted by molar-refractivity contribution is -0.135. The number of aromatic nitrogens is 2. The number of piperazine rings is 1. The summed E-state index contributed by atoms with van der Waals surface area (Å²) in [6, 6.07) is 15.5. The monoisotopic (exact) mass is 682 g/mol. The predicted octanol–water partition coefficient (Wildman–Crippen LogP) is 3.95. The summed E-state index contributed by atoms with van der Waals surface area (Å²) in [5, 5.41) is 2.60. The molecule has 260 valence electrons. The molecule has 5 aromatic rings. The molecule has 4 heterocycles. The third-order valence-electron chi connectivity index (χ3n) is 9.87. The van der Waals surface area contributed by atoms with Gasteiger partial charge in [-0.05, 0) is 48.7 Å². The van der Waals surface area contributed by atoms with Gasteiger partial charge >= 0.3 is 5.69 Å². The number of anilines is 1. The van der Waals surface area contributed by atoms with E-state index < -0.39 is 17.8 Å². The van der Waals surface area contributed by atoms with Crippen LogP contribution in [0.4, 0.5) is 10.1 Å². The number of nitrogens with one attached hydrogen (secondary N) is 1. The fraction of sp³-hybridized carbons (Fsp3) is 0.351. The molecule has 13 heteroatoms. The molecule has 7 rings (SSSR count). The number of fused-ring (bicyclic) bond motifs is 2. The number of furan rings is 1. The highest BCUT2D eigenvalue weighted by molar-refractivity contribution is 6.01. The van der Waals surface area contributed by atoms with Crippen molar-refractivity contribution in [3.8, 4) is 16.9 Å². The summed E-state index contributed by atoms with van der Waals surface area (Å²) in [5.41, 5.74) is 4.92. The second-order valence-corrected chi connectivity index (χ2v) is 13.1. The number of carbonyl (C=O) groups excluding carboxylic acids is 3. The van der Waals surface area contributed by atoms with Gasteiger partial charge < -0.3 is 19.0 Å². The number of para-hydroxylation sites is 1. The highest BCUT2D eigenvalue weighted by Gasteiger charge is 2.32. The number of amides is 3. The molecule has 0 bridgehead atoms. The zero-order valence-corrected chi connectivity index (χ0v) is 28.5. The van der Waals surface area contributed by atoms with Crippen molar-refractivity contribution in [2.24, 2.45) is 7.05 Å². The zero-order valence-electron chi connectivity index (χ0n) is 28.5. The Labute approximate surface area is 287 Å². The van der Waals surface area contributed by atoms with E-state index >= 15 is 0 Å². The SMILES string of the molecule is COc1cc(N2CCN(CCc3cccc4c3n(C)c(=O)n4C3CCC(=O)NC3=O)CC2)ccc1-c1ccc(F)c2cc(C(=O)N(C)C)oc12. The van der Waals surface area contributed by atoms with E-state index in [9.17, 15) is 23.6 Å². The van der Waals surface area contributed by atoms with E-state index in [-0.39, 0.29) is 40.7 Å². The minimum absolute atomic E-state index is 0.0659. The maximum atomic E-state index is 14.8. The number of benzene rings is 3. The first-order valence-corrected chi connectivity index (χ1v) is 16.7. The smallest absolute Gasteiger partial charge is 0.329 e. The number of imidazole rings is 1. The minimum atomic E-state index is -0.714. The van der Waals surface area contributed by atoms with Crippen LogP contribution in [0.1, 0.15) is 35.0 Å². The van der Waals surface area contributed by atoms with Crippen LogP contribution in [-0.2, 0) is 23.1 Å². The number of rotatable bonds is 8. The van der Waals surface area contributed by atoms with E-state index in [0.717, 1.165) is 61.5 Å². The Kier molecular flexibility index (Phi) is 8.68. The zero-order chi connectivity index (χ0) is 35.3. The molecule has 2 aliphatic heterocycles. The summed E-state index contributed by atoms with van der Waals surface area (Å²) >= 11 is 0. The Bertz CT molecular complexity index is 2210. The summed E-state index contributed by atoms with van der Waals surface area (Å²) in [4.78, 5) is 56.3. The molecule has 3 aromatic carbocycles. The normalized spacial score (nSPS) is 17.1. The van der Waals surface area contributed by atoms with Crippen LogP contribution in [0.2, 0.25) is 0 Å². The maximum Gasteiger partial charge on any atom is 0.329 e. The average Bonchev–Trinajstić information content (AvgIpc) is 3.67. The summed E-state index contributed by atoms with van der Waals surface area (Å²) < 4.78 is 29.6. The van der Waals surface area contributed by atoms with Crippen molar-refractivity contribution in [2.45, 2.75) is 25.3 Å². The number of carbonyl (C=O) groups is 3. The molecule has 0 aliphatic carbocycles. The first kappa shape index (κ1) is 33.1. The number of halogens is 1. The van der Waals surface area contributed by atoms with E-state index in [4.69, 9.17) is 9.15 Å². The van der Waals surface area contributed by atoms with Crippen LogP contribution in [-0.4, -0.2) is 90.6 Å². The molecule has 50 heavy (non-hydrogen) atoms. The van der Waals surface area contributed by atoms with Gasteiger partial charge in [-0.2, -0.15) is 0 Å². The van der Waals surface area contributed by atoms with Gasteiger partial charge in [0.2, 0.25) is 11.8 Å². The molecule has 3 amide bonds. The number of hydrogen-bond acceptors (Lipinski definition) is 8. The Morgan fingerprint density at radius 1 is 1.02 bits per heavy atom. The molecule has 0 radical (unpaired) electrons. The van der Waals surface area contributed by atoms with Gasteiger partial charge in [0.1, 0.15) is 23.2 Å². The highest BCUT2D eigenvalue weighted by Crippen LogP contribution is 2.39. The molecule has 1 atom stereocenters. The summed E-state index contributed by atoms with van der Waals surface area (Å²) in [6.07, 6.45) is 1.23. The van der Waals surface area contributed by atoms with Crippen LogP contribution < -0.4 is 20.6 Å². The lowest BCUT2D eigenvalue weighted by atomic mass is 10.0. The van der Waals surface area contributed by atoms with Crippen molar-refractivity contribution in [1.82, 2.24) is 24.3 Å². The number of aryl methyl sites for hydroxylation is 1. The number of piperidine rings is 1. The summed E-state index contributed by atoms with van der Waals surface area (Å²) in [6.45, 7) is 4.07. The lowest BCUT2D eigenvalue weighted by Crippen LogP contribution is -2.47. The van der Waals surface area contributed by atoms with Crippen molar-refractivity contribution in [3.63, 3.8) is 0 Å². The van der Waals surface area contributed by atoms with Crippen molar-refractivity contribution in [3.05, 3.63) is 82.2 Å². The molecule has 1 N–H and O–H groups in total. The average molecular weight is 683 g/mol. The van der Waals surface area contributed by atoms with E-state index in [0.29, 0.717) is 23.3 Å². The lowest BCUT2D eigenvalue weighted by Gasteiger charge is -2.36. The van der Waals surface area contributed by atoms with Crippen LogP contribution in [0.25, 0.3) is 33.1 Å². The molecule has 2 aromatic heterocycles. The quantitative estimate of drug-likeness (QED) is 0.245. The standard InChI is InChI=1S/C37H39FN6O6/c1-40(2)36(47)31-21-26-27(38)11-10-25(34(26)50-31)24-9-8-23(20-30(24)49-4)43-18-16-42(17-19-43)15-14-22-6-5-7-28-33(22)41(3)37(48)44(28)29-12-13-32(45)39-35(29)46/h5-11,20-21,29H,12-19H2,1-4H3,(H,39,45,46). The van der Waals surface area contributed by atoms with Gasteiger partial charge in [-0.25, -0.2) is 9.18 Å². The van der Waals surface area contributed by atoms with Crippen LogP contribution in [0.3, 0.4) is 0 Å². The molecule has 2 aliphatic rings. The number of methoxy groups -OCH3 is 1. The predicted molar refractivity (Wildman–Crippen MR) is 187 cm³/mol. The largest absolute Gasteiger partial charge is 0.496 e. The maximum absolute atomic E-state index is 14.8. The van der Waals surface area contributed by atoms with E-state index in [1.165, 1.54) is 21.6 Å². The fourth-order valence-electron chi connectivity index (χ4n) is 7.19. The van der Waals surface area contributed by atoms with E-state index in [1.807, 2.05) is 36.4 Å². The molecule has 12 nitrogen and oxygen atoms in total. The number of nitrogens with zero attached hydrogens (tertiary/aromatic N) is 5. The van der Waals surface area contributed by atoms with Crippen molar-refractivity contribution < 1.29 is 27.9 Å². The third kappa shape index (κ3) is 5.81. The van der Waals surface area contributed by atoms with Gasteiger partial charge in [0, 0.05) is 89.2 Å². The van der Waals surface area contributed by atoms with Crippen LogP contribution >= 0.6 is 0 Å². The van der Waals surface area contributed by atoms with Crippen molar-refractivity contribution in [1.29, 1.82) is 0 Å². The first-order valence-electron chi connectivity index (χ1n) is 16.7. The molecular weight excluding hydrogens is 643 g/mol. The van der Waals surface area contributed by atoms with Crippen LogP contribution in [0.15, 0.2) is 63.8 Å². The Morgan fingerprint density at radius 2 is 1.78 bits per heavy atom. The van der Waals surface area contributed by atoms with Gasteiger partial charge in [-0.1, -0.05) is 12.1 Å². The van der Waals surface area contributed by atoms with Crippen LogP contribution in [0, 0.1) is 5.82 Å². The number of hydrogen-bond donors (Lipinski definition) is 1. The van der Waals surface area contributed by atoms with Gasteiger partial charge in [-0.3, -0.25) is 33.7 Å². The molecular formula is C37H39FN6O6. The Balaban J connectivity index is 1.05. The molecule has 0 spiro atoms. The second-order valence-electron chi connectivity index (χ2n) is 13.1. The Hall–Kier alpha value is -5.43. The molecule has 1 unspecified atom stereocenters.